The Labute approximate surface area is 244 Å². The maximum atomic E-state index is 12.7. The summed E-state index contributed by atoms with van der Waals surface area (Å²) >= 11 is 0. The standard InChI is InChI=1S/C30H37N9O3/c1-19-24(16-22(17-31-19)33-25(40)10-13-39-12-7-11-30(39,2)3)35-27-23-18-32-29(36-28(23)38(4)37-27)34-21-9-6-8-20(14-21)15-26(41)42-5/h6,8-9,14,16-18H,7,10-13,15H2,1-5H3,(H,33,40)(H,35,37)(H,32,34,36). The van der Waals surface area contributed by atoms with Gasteiger partial charge in [0.1, 0.15) is 0 Å². The molecule has 0 radical (unpaired) electrons. The van der Waals surface area contributed by atoms with Crippen molar-refractivity contribution in [3.05, 3.63) is 54.0 Å². The number of nitrogens with zero attached hydrogens (tertiary/aromatic N) is 6. The Morgan fingerprint density at radius 2 is 1.93 bits per heavy atom. The van der Waals surface area contributed by atoms with Gasteiger partial charge in [0, 0.05) is 37.4 Å². The van der Waals surface area contributed by atoms with E-state index in [1.165, 1.54) is 13.5 Å². The number of aryl methyl sites for hydroxylation is 2. The third-order valence-corrected chi connectivity index (χ3v) is 7.64. The number of esters is 1. The number of nitrogens with one attached hydrogen (secondary N) is 3. The van der Waals surface area contributed by atoms with Crippen molar-refractivity contribution < 1.29 is 14.3 Å². The highest BCUT2D eigenvalue weighted by Crippen LogP contribution is 2.29. The van der Waals surface area contributed by atoms with Gasteiger partial charge in [0.2, 0.25) is 11.9 Å². The van der Waals surface area contributed by atoms with E-state index in [1.54, 1.807) is 17.1 Å². The van der Waals surface area contributed by atoms with Crippen molar-refractivity contribution in [3.63, 3.8) is 0 Å². The summed E-state index contributed by atoms with van der Waals surface area (Å²) in [6, 6.07) is 9.30. The number of benzene rings is 1. The quantitative estimate of drug-likeness (QED) is 0.234. The second-order valence-electron chi connectivity index (χ2n) is 11.2. The minimum atomic E-state index is -0.306. The summed E-state index contributed by atoms with van der Waals surface area (Å²) in [7, 11) is 3.18. The Bertz CT molecular complexity index is 1620. The van der Waals surface area contributed by atoms with E-state index < -0.39 is 0 Å². The number of likely N-dealkylation sites (tertiary alicyclic amines) is 1. The van der Waals surface area contributed by atoms with Crippen molar-refractivity contribution >= 4 is 51.7 Å². The molecule has 0 bridgehead atoms. The Hall–Kier alpha value is -4.58. The molecule has 12 nitrogen and oxygen atoms in total. The Morgan fingerprint density at radius 3 is 2.69 bits per heavy atom. The fourth-order valence-electron chi connectivity index (χ4n) is 5.21. The smallest absolute Gasteiger partial charge is 0.309 e. The van der Waals surface area contributed by atoms with Crippen LogP contribution in [0, 0.1) is 6.92 Å². The molecule has 3 aromatic heterocycles. The van der Waals surface area contributed by atoms with Crippen molar-refractivity contribution in [2.45, 2.75) is 52.0 Å². The Kier molecular flexibility index (Phi) is 8.34. The van der Waals surface area contributed by atoms with Crippen LogP contribution < -0.4 is 16.0 Å². The van der Waals surface area contributed by atoms with Crippen molar-refractivity contribution in [3.8, 4) is 0 Å². The lowest BCUT2D eigenvalue weighted by Crippen LogP contribution is -2.39. The van der Waals surface area contributed by atoms with E-state index in [-0.39, 0.29) is 23.8 Å². The summed E-state index contributed by atoms with van der Waals surface area (Å²) in [6.45, 7) is 8.12. The van der Waals surface area contributed by atoms with Gasteiger partial charge in [-0.3, -0.25) is 19.5 Å². The van der Waals surface area contributed by atoms with E-state index in [2.05, 4.69) is 54.7 Å². The number of pyridine rings is 1. The number of methoxy groups -OCH3 is 1. The van der Waals surface area contributed by atoms with Gasteiger partial charge in [-0.1, -0.05) is 12.1 Å². The molecule has 42 heavy (non-hydrogen) atoms. The molecule has 0 aliphatic carbocycles. The molecule has 0 unspecified atom stereocenters. The van der Waals surface area contributed by atoms with Gasteiger partial charge in [0.15, 0.2) is 11.5 Å². The Morgan fingerprint density at radius 1 is 1.10 bits per heavy atom. The molecular formula is C30H37N9O3. The monoisotopic (exact) mass is 571 g/mol. The van der Waals surface area contributed by atoms with E-state index in [9.17, 15) is 9.59 Å². The number of fused-ring (bicyclic) bond motifs is 1. The van der Waals surface area contributed by atoms with Crippen LogP contribution in [0.15, 0.2) is 42.7 Å². The molecular weight excluding hydrogens is 534 g/mol. The number of hydrogen-bond acceptors (Lipinski definition) is 10. The van der Waals surface area contributed by atoms with Gasteiger partial charge >= 0.3 is 5.97 Å². The zero-order chi connectivity index (χ0) is 29.9. The summed E-state index contributed by atoms with van der Waals surface area (Å²) in [6.07, 6.45) is 6.29. The normalized spacial score (nSPS) is 14.6. The van der Waals surface area contributed by atoms with E-state index in [4.69, 9.17) is 4.74 Å². The lowest BCUT2D eigenvalue weighted by molar-refractivity contribution is -0.139. The SMILES string of the molecule is COC(=O)Cc1cccc(Nc2ncc3c(Nc4cc(NC(=O)CCN5CCCC5(C)C)cnc4C)nn(C)c3n2)c1. The van der Waals surface area contributed by atoms with E-state index >= 15 is 0 Å². The van der Waals surface area contributed by atoms with Gasteiger partial charge in [0.25, 0.3) is 0 Å². The van der Waals surface area contributed by atoms with Gasteiger partial charge in [-0.25, -0.2) is 9.67 Å². The molecule has 0 saturated carbocycles. The summed E-state index contributed by atoms with van der Waals surface area (Å²) in [4.78, 5) is 40.3. The highest BCUT2D eigenvalue weighted by Gasteiger charge is 2.31. The first-order chi connectivity index (χ1) is 20.1. The highest BCUT2D eigenvalue weighted by molar-refractivity contribution is 5.93. The topological polar surface area (TPSA) is 139 Å². The number of rotatable bonds is 10. The molecule has 3 N–H and O–H groups in total. The van der Waals surface area contributed by atoms with Gasteiger partial charge in [-0.15, -0.1) is 0 Å². The number of carbonyl (C=O) groups is 2. The van der Waals surface area contributed by atoms with Gasteiger partial charge in [-0.2, -0.15) is 10.1 Å². The molecule has 0 atom stereocenters. The number of aromatic nitrogens is 5. The molecule has 1 amide bonds. The minimum Gasteiger partial charge on any atom is -0.469 e. The maximum Gasteiger partial charge on any atom is 0.309 e. The van der Waals surface area contributed by atoms with Crippen LogP contribution in [0.2, 0.25) is 0 Å². The first-order valence-electron chi connectivity index (χ1n) is 14.0. The molecule has 1 fully saturated rings. The number of hydrogen-bond donors (Lipinski definition) is 3. The molecule has 4 heterocycles. The van der Waals surface area contributed by atoms with E-state index in [1.807, 2.05) is 44.3 Å². The fourth-order valence-corrected chi connectivity index (χ4v) is 5.21. The molecule has 1 aliphatic rings. The number of anilines is 5. The van der Waals surface area contributed by atoms with E-state index in [0.29, 0.717) is 29.5 Å². The van der Waals surface area contributed by atoms with Crippen molar-refractivity contribution in [2.75, 3.05) is 36.1 Å². The van der Waals surface area contributed by atoms with Crippen molar-refractivity contribution in [2.24, 2.45) is 7.05 Å². The van der Waals surface area contributed by atoms with Crippen LogP contribution in [-0.2, 0) is 27.8 Å². The van der Waals surface area contributed by atoms with Crippen LogP contribution >= 0.6 is 0 Å². The Balaban J connectivity index is 1.27. The molecule has 12 heteroatoms. The number of carbonyl (C=O) groups excluding carboxylic acids is 2. The predicted octanol–water partition coefficient (Wildman–Crippen LogP) is 4.47. The molecule has 5 rings (SSSR count). The van der Waals surface area contributed by atoms with E-state index in [0.717, 1.165) is 47.5 Å². The average Bonchev–Trinajstić information content (AvgIpc) is 3.46. The van der Waals surface area contributed by atoms with Crippen LogP contribution in [0.25, 0.3) is 11.0 Å². The van der Waals surface area contributed by atoms with Gasteiger partial charge in [0.05, 0.1) is 42.2 Å². The predicted molar refractivity (Wildman–Crippen MR) is 162 cm³/mol. The summed E-state index contributed by atoms with van der Waals surface area (Å²) in [5.74, 6) is 0.623. The first kappa shape index (κ1) is 28.9. The molecule has 1 saturated heterocycles. The summed E-state index contributed by atoms with van der Waals surface area (Å²) in [5, 5.41) is 14.9. The molecule has 220 valence electrons. The number of amides is 1. The zero-order valence-electron chi connectivity index (χ0n) is 24.7. The third kappa shape index (κ3) is 6.65. The van der Waals surface area contributed by atoms with Gasteiger partial charge < -0.3 is 20.7 Å². The first-order valence-corrected chi connectivity index (χ1v) is 14.0. The second-order valence-corrected chi connectivity index (χ2v) is 11.2. The van der Waals surface area contributed by atoms with Crippen LogP contribution in [-0.4, -0.2) is 67.2 Å². The largest absolute Gasteiger partial charge is 0.469 e. The number of ether oxygens (including phenoxy) is 1. The highest BCUT2D eigenvalue weighted by atomic mass is 16.5. The lowest BCUT2D eigenvalue weighted by Gasteiger charge is -2.31. The van der Waals surface area contributed by atoms with Gasteiger partial charge in [-0.05, 0) is 63.9 Å². The third-order valence-electron chi connectivity index (χ3n) is 7.64. The second kappa shape index (κ2) is 12.1. The van der Waals surface area contributed by atoms with Crippen LogP contribution in [0.4, 0.5) is 28.8 Å². The molecule has 0 spiro atoms. The molecule has 1 aliphatic heterocycles. The van der Waals surface area contributed by atoms with Crippen LogP contribution in [0.3, 0.4) is 0 Å². The molecule has 4 aromatic rings. The van der Waals surface area contributed by atoms with Crippen molar-refractivity contribution in [1.29, 1.82) is 0 Å². The average molecular weight is 572 g/mol. The van der Waals surface area contributed by atoms with Crippen molar-refractivity contribution in [1.82, 2.24) is 29.6 Å². The fraction of sp³-hybridized carbons (Fsp3) is 0.400. The van der Waals surface area contributed by atoms with Crippen LogP contribution in [0.1, 0.15) is 44.4 Å². The summed E-state index contributed by atoms with van der Waals surface area (Å²) < 4.78 is 6.43. The summed E-state index contributed by atoms with van der Waals surface area (Å²) in [5.41, 5.74) is 4.44. The zero-order valence-corrected chi connectivity index (χ0v) is 24.7. The maximum absolute atomic E-state index is 12.7. The molecule has 1 aromatic carbocycles. The minimum absolute atomic E-state index is 0.0400. The lowest BCUT2D eigenvalue weighted by atomic mass is 10.0. The van der Waals surface area contributed by atoms with Crippen LogP contribution in [0.5, 0.6) is 0 Å².